The van der Waals surface area contributed by atoms with E-state index in [4.69, 9.17) is 16.6 Å². The summed E-state index contributed by atoms with van der Waals surface area (Å²) in [7, 11) is 3.56. The van der Waals surface area contributed by atoms with Crippen molar-refractivity contribution in [3.05, 3.63) is 35.5 Å². The summed E-state index contributed by atoms with van der Waals surface area (Å²) >= 11 is 1.05. The van der Waals surface area contributed by atoms with Crippen LogP contribution in [0.5, 0.6) is 5.75 Å². The number of amidine groups is 1. The van der Waals surface area contributed by atoms with Crippen molar-refractivity contribution >= 4 is 33.8 Å². The first-order valence-electron chi connectivity index (χ1n) is 9.94. The average molecular weight is 431 g/mol. The summed E-state index contributed by atoms with van der Waals surface area (Å²) in [5.41, 5.74) is 7.36. The molecule has 0 saturated carbocycles. The van der Waals surface area contributed by atoms with Crippen LogP contribution in [-0.4, -0.2) is 57.6 Å². The van der Waals surface area contributed by atoms with Crippen LogP contribution in [0.2, 0.25) is 0 Å². The molecule has 0 unspecified atom stereocenters. The Morgan fingerprint density at radius 2 is 1.87 bits per heavy atom. The summed E-state index contributed by atoms with van der Waals surface area (Å²) in [6, 6.07) is 5.23. The van der Waals surface area contributed by atoms with E-state index in [-0.39, 0.29) is 27.9 Å². The van der Waals surface area contributed by atoms with E-state index < -0.39 is 0 Å². The largest absolute Gasteiger partial charge is 0.507 e. The Hall–Kier alpha value is -2.32. The van der Waals surface area contributed by atoms with E-state index >= 15 is 0 Å². The van der Waals surface area contributed by atoms with Crippen LogP contribution >= 0.6 is 11.8 Å². The number of phenols is 1. The number of hydrogen-bond donors (Lipinski definition) is 5. The van der Waals surface area contributed by atoms with Crippen LogP contribution in [-0.2, 0) is 0 Å². The molecule has 0 atom stereocenters. The fraction of sp³-hybridized carbons (Fsp3) is 0.500. The second-order valence-electron chi connectivity index (χ2n) is 9.04. The molecule has 1 aliphatic heterocycles. The molecular weight excluding hydrogens is 396 g/mol. The Balaban J connectivity index is 2.13. The van der Waals surface area contributed by atoms with Crippen LogP contribution in [0.4, 0.5) is 0 Å². The van der Waals surface area contributed by atoms with Gasteiger partial charge in [0, 0.05) is 54.8 Å². The van der Waals surface area contributed by atoms with Gasteiger partial charge < -0.3 is 21.1 Å². The standard InChI is InChI=1S/C22H34N6OS/c1-21(2)10-16(11-22(3,4)27-21)28(6)20(25)30-19(24)17-8-7-14(9-18(17)29)15(12-23)13-26-5/h7-9,12-13,16,24-25,27,29H,10-11,23H2,1-6H3. The summed E-state index contributed by atoms with van der Waals surface area (Å²) in [4.78, 5) is 5.90. The molecule has 164 valence electrons. The number of piperidine rings is 1. The Morgan fingerprint density at radius 1 is 1.27 bits per heavy atom. The third-order valence-electron chi connectivity index (χ3n) is 5.26. The number of nitrogens with zero attached hydrogens (tertiary/aromatic N) is 2. The number of benzene rings is 1. The number of thioether (sulfide) groups is 1. The first-order chi connectivity index (χ1) is 13.9. The topological polar surface area (TPSA) is 122 Å². The lowest BCUT2D eigenvalue weighted by atomic mass is 9.79. The van der Waals surface area contributed by atoms with Gasteiger partial charge in [0.2, 0.25) is 0 Å². The lowest BCUT2D eigenvalue weighted by molar-refractivity contribution is 0.114. The number of nitrogens with two attached hydrogens (primary N) is 1. The molecule has 1 fully saturated rings. The Morgan fingerprint density at radius 3 is 2.37 bits per heavy atom. The van der Waals surface area contributed by atoms with Crippen LogP contribution in [0.15, 0.2) is 29.4 Å². The molecule has 1 saturated heterocycles. The summed E-state index contributed by atoms with van der Waals surface area (Å²) in [5.74, 6) is -0.0200. The molecule has 7 nitrogen and oxygen atoms in total. The third-order valence-corrected chi connectivity index (χ3v) is 6.16. The highest BCUT2D eigenvalue weighted by Gasteiger charge is 2.39. The molecule has 0 bridgehead atoms. The van der Waals surface area contributed by atoms with Crippen LogP contribution in [0, 0.1) is 10.8 Å². The van der Waals surface area contributed by atoms with Crippen molar-refractivity contribution in [2.45, 2.75) is 57.7 Å². The van der Waals surface area contributed by atoms with Gasteiger partial charge in [0.05, 0.1) is 0 Å². The van der Waals surface area contributed by atoms with Crippen molar-refractivity contribution in [3.8, 4) is 5.75 Å². The molecule has 0 amide bonds. The Bertz CT molecular complexity index is 858. The molecule has 30 heavy (non-hydrogen) atoms. The monoisotopic (exact) mass is 430 g/mol. The zero-order chi connectivity index (χ0) is 22.7. The van der Waals surface area contributed by atoms with Crippen molar-refractivity contribution < 1.29 is 5.11 Å². The number of allylic oxidation sites excluding steroid dienone is 1. The van der Waals surface area contributed by atoms with E-state index in [1.165, 1.54) is 6.20 Å². The number of aliphatic imine (C=N–C) groups is 1. The maximum atomic E-state index is 10.5. The summed E-state index contributed by atoms with van der Waals surface area (Å²) in [6.07, 6.45) is 4.86. The third kappa shape index (κ3) is 5.86. The molecule has 1 aromatic carbocycles. The van der Waals surface area contributed by atoms with Crippen molar-refractivity contribution in [2.24, 2.45) is 10.7 Å². The van der Waals surface area contributed by atoms with Crippen molar-refractivity contribution in [2.75, 3.05) is 14.1 Å². The van der Waals surface area contributed by atoms with Gasteiger partial charge in [-0.25, -0.2) is 0 Å². The van der Waals surface area contributed by atoms with Gasteiger partial charge in [0.25, 0.3) is 0 Å². The summed E-state index contributed by atoms with van der Waals surface area (Å²) in [6.45, 7) is 8.72. The quantitative estimate of drug-likeness (QED) is 0.369. The SMILES string of the molecule is CN=CC(=CN)c1ccc(C(=N)SC(=N)N(C)C2CC(C)(C)NC(C)(C)C2)c(O)c1. The zero-order valence-electron chi connectivity index (χ0n) is 18.7. The van der Waals surface area contributed by atoms with Gasteiger partial charge in [-0.05, 0) is 70.0 Å². The predicted octanol–water partition coefficient (Wildman–Crippen LogP) is 3.63. The van der Waals surface area contributed by atoms with E-state index in [0.29, 0.717) is 21.9 Å². The van der Waals surface area contributed by atoms with Crippen molar-refractivity contribution in [1.29, 1.82) is 10.8 Å². The zero-order valence-corrected chi connectivity index (χ0v) is 19.5. The van der Waals surface area contributed by atoms with E-state index in [2.05, 4.69) is 38.0 Å². The van der Waals surface area contributed by atoms with E-state index in [1.807, 2.05) is 11.9 Å². The first-order valence-corrected chi connectivity index (χ1v) is 10.8. The average Bonchev–Trinajstić information content (AvgIpc) is 2.62. The molecule has 1 heterocycles. The molecule has 1 aliphatic rings. The highest BCUT2D eigenvalue weighted by atomic mass is 32.2. The van der Waals surface area contributed by atoms with E-state index in [0.717, 1.165) is 24.6 Å². The highest BCUT2D eigenvalue weighted by Crippen LogP contribution is 2.33. The molecule has 0 radical (unpaired) electrons. The van der Waals surface area contributed by atoms with Crippen LogP contribution in [0.3, 0.4) is 0 Å². The maximum Gasteiger partial charge on any atom is 0.162 e. The molecule has 0 spiro atoms. The number of aromatic hydroxyl groups is 1. The van der Waals surface area contributed by atoms with Crippen LogP contribution < -0.4 is 11.1 Å². The minimum absolute atomic E-state index is 0.0200. The molecular formula is C22H34N6OS. The van der Waals surface area contributed by atoms with Crippen molar-refractivity contribution in [3.63, 3.8) is 0 Å². The normalized spacial score (nSPS) is 19.1. The van der Waals surface area contributed by atoms with Gasteiger partial charge in [-0.2, -0.15) is 0 Å². The number of rotatable bonds is 4. The van der Waals surface area contributed by atoms with Gasteiger partial charge in [0.1, 0.15) is 10.8 Å². The minimum Gasteiger partial charge on any atom is -0.507 e. The Kier molecular flexibility index (Phi) is 7.36. The van der Waals surface area contributed by atoms with Crippen LogP contribution in [0.1, 0.15) is 51.7 Å². The number of nitrogens with one attached hydrogen (secondary N) is 3. The van der Waals surface area contributed by atoms with Gasteiger partial charge in [-0.15, -0.1) is 0 Å². The molecule has 0 aromatic heterocycles. The highest BCUT2D eigenvalue weighted by molar-refractivity contribution is 8.26. The number of hydrogen-bond acceptors (Lipinski definition) is 7. The second-order valence-corrected chi connectivity index (χ2v) is 10.0. The maximum absolute atomic E-state index is 10.5. The van der Waals surface area contributed by atoms with Gasteiger partial charge in [-0.1, -0.05) is 6.07 Å². The van der Waals surface area contributed by atoms with Crippen LogP contribution in [0.25, 0.3) is 5.57 Å². The summed E-state index contributed by atoms with van der Waals surface area (Å²) in [5, 5.41) is 31.5. The minimum atomic E-state index is -0.0246. The van der Waals surface area contributed by atoms with Gasteiger partial charge in [-0.3, -0.25) is 15.8 Å². The Labute approximate surface area is 183 Å². The number of phenolic OH excluding ortho intramolecular Hbond substituents is 1. The fourth-order valence-corrected chi connectivity index (χ4v) is 4.96. The fourth-order valence-electron chi connectivity index (χ4n) is 4.19. The van der Waals surface area contributed by atoms with Gasteiger partial charge in [0.15, 0.2) is 5.17 Å². The molecule has 1 aromatic rings. The van der Waals surface area contributed by atoms with E-state index in [9.17, 15) is 5.11 Å². The predicted molar refractivity (Wildman–Crippen MR) is 129 cm³/mol. The molecule has 6 N–H and O–H groups in total. The molecule has 8 heteroatoms. The van der Waals surface area contributed by atoms with E-state index in [1.54, 1.807) is 31.5 Å². The first kappa shape index (κ1) is 24.0. The molecule has 0 aliphatic carbocycles. The van der Waals surface area contributed by atoms with Gasteiger partial charge >= 0.3 is 0 Å². The smallest absolute Gasteiger partial charge is 0.162 e. The lowest BCUT2D eigenvalue weighted by Crippen LogP contribution is -2.62. The summed E-state index contributed by atoms with van der Waals surface area (Å²) < 4.78 is 0. The molecule has 2 rings (SSSR count). The lowest BCUT2D eigenvalue weighted by Gasteiger charge is -2.49. The second kappa shape index (κ2) is 9.22. The van der Waals surface area contributed by atoms with Crippen molar-refractivity contribution in [1.82, 2.24) is 10.2 Å².